The topological polar surface area (TPSA) is 40.5 Å². The van der Waals surface area contributed by atoms with E-state index in [1.54, 1.807) is 37.1 Å². The minimum atomic E-state index is -0.383. The van der Waals surface area contributed by atoms with Crippen LogP contribution in [0.15, 0.2) is 29.2 Å². The van der Waals surface area contributed by atoms with Crippen LogP contribution in [0.4, 0.5) is 0 Å². The lowest BCUT2D eigenvalue weighted by Gasteiger charge is -2.18. The van der Waals surface area contributed by atoms with E-state index < -0.39 is 0 Å². The van der Waals surface area contributed by atoms with E-state index in [1.807, 2.05) is 6.07 Å². The Morgan fingerprint density at radius 2 is 2.25 bits per heavy atom. The lowest BCUT2D eigenvalue weighted by atomic mass is 10.2. The lowest BCUT2D eigenvalue weighted by Crippen LogP contribution is -2.29. The van der Waals surface area contributed by atoms with Gasteiger partial charge >= 0.3 is 0 Å². The van der Waals surface area contributed by atoms with Crippen molar-refractivity contribution in [2.24, 2.45) is 0 Å². The predicted molar refractivity (Wildman–Crippen MR) is 67.0 cm³/mol. The van der Waals surface area contributed by atoms with Crippen LogP contribution < -0.4 is 0 Å². The van der Waals surface area contributed by atoms with Crippen LogP contribution in [0.5, 0.6) is 0 Å². The van der Waals surface area contributed by atoms with Crippen LogP contribution in [0.25, 0.3) is 0 Å². The van der Waals surface area contributed by atoms with Crippen LogP contribution in [0, 0.1) is 0 Å². The number of rotatable bonds is 4. The third-order valence-corrected chi connectivity index (χ3v) is 2.60. The Labute approximate surface area is 101 Å². The molecule has 16 heavy (non-hydrogen) atoms. The number of aliphatic hydroxyl groups is 1. The van der Waals surface area contributed by atoms with Crippen molar-refractivity contribution in [3.63, 3.8) is 0 Å². The number of aliphatic hydroxyl groups excluding tert-OH is 1. The first-order chi connectivity index (χ1) is 7.50. The molecule has 0 heterocycles. The number of benzene rings is 1. The Bertz CT molecular complexity index is 366. The molecule has 1 aromatic carbocycles. The normalized spacial score (nSPS) is 12.2. The summed E-state index contributed by atoms with van der Waals surface area (Å²) < 4.78 is 0. The van der Waals surface area contributed by atoms with Crippen LogP contribution in [0.3, 0.4) is 0 Å². The smallest absolute Gasteiger partial charge is 0.253 e. The molecule has 0 aromatic heterocycles. The van der Waals surface area contributed by atoms with Gasteiger partial charge in [0.25, 0.3) is 5.91 Å². The van der Waals surface area contributed by atoms with E-state index in [-0.39, 0.29) is 12.0 Å². The summed E-state index contributed by atoms with van der Waals surface area (Å²) in [6, 6.07) is 7.14. The number of nitrogens with zero attached hydrogens (tertiary/aromatic N) is 1. The standard InChI is InChI=1S/C12H17NO2S/c1-9(14)6-7-13(2)12(15)10-4-3-5-11(16)8-10/h3-5,8-9,14,16H,6-7H2,1-2H3. The summed E-state index contributed by atoms with van der Waals surface area (Å²) in [5.41, 5.74) is 0.626. The fourth-order valence-electron chi connectivity index (χ4n) is 1.34. The quantitative estimate of drug-likeness (QED) is 0.787. The minimum absolute atomic E-state index is 0.0449. The van der Waals surface area contributed by atoms with Gasteiger partial charge in [0, 0.05) is 24.1 Å². The number of amides is 1. The van der Waals surface area contributed by atoms with Crippen molar-refractivity contribution < 1.29 is 9.90 Å². The second-order valence-electron chi connectivity index (χ2n) is 3.91. The number of hydrogen-bond acceptors (Lipinski definition) is 3. The largest absolute Gasteiger partial charge is 0.393 e. The molecule has 4 heteroatoms. The summed E-state index contributed by atoms with van der Waals surface area (Å²) in [6.45, 7) is 2.26. The second kappa shape index (κ2) is 5.92. The zero-order chi connectivity index (χ0) is 12.1. The Morgan fingerprint density at radius 1 is 1.56 bits per heavy atom. The average Bonchev–Trinajstić information content (AvgIpc) is 2.24. The molecule has 0 bridgehead atoms. The van der Waals surface area contributed by atoms with E-state index in [2.05, 4.69) is 12.6 Å². The summed E-state index contributed by atoms with van der Waals surface area (Å²) in [4.78, 5) is 14.3. The van der Waals surface area contributed by atoms with Crippen LogP contribution in [-0.4, -0.2) is 35.6 Å². The van der Waals surface area contributed by atoms with Crippen molar-refractivity contribution in [3.8, 4) is 0 Å². The summed E-state index contributed by atoms with van der Waals surface area (Å²) in [6.07, 6.45) is 0.203. The Hall–Kier alpha value is -1.00. The highest BCUT2D eigenvalue weighted by Crippen LogP contribution is 2.11. The van der Waals surface area contributed by atoms with Crippen molar-refractivity contribution >= 4 is 18.5 Å². The molecule has 0 aliphatic heterocycles. The number of carbonyl (C=O) groups excluding carboxylic acids is 1. The molecule has 1 amide bonds. The van der Waals surface area contributed by atoms with Gasteiger partial charge in [-0.1, -0.05) is 6.07 Å². The summed E-state index contributed by atoms with van der Waals surface area (Å²) in [5, 5.41) is 9.15. The molecule has 1 atom stereocenters. The molecule has 88 valence electrons. The molecule has 1 rings (SSSR count). The summed E-state index contributed by atoms with van der Waals surface area (Å²) >= 11 is 4.19. The van der Waals surface area contributed by atoms with Crippen molar-refractivity contribution in [1.29, 1.82) is 0 Å². The van der Waals surface area contributed by atoms with Crippen LogP contribution in [0.1, 0.15) is 23.7 Å². The predicted octanol–water partition coefficient (Wildman–Crippen LogP) is 1.82. The van der Waals surface area contributed by atoms with Gasteiger partial charge in [0.15, 0.2) is 0 Å². The lowest BCUT2D eigenvalue weighted by molar-refractivity contribution is 0.0768. The SMILES string of the molecule is CC(O)CCN(C)C(=O)c1cccc(S)c1. The molecule has 0 spiro atoms. The Kier molecular flexibility index (Phi) is 4.83. The van der Waals surface area contributed by atoms with Gasteiger partial charge in [-0.25, -0.2) is 0 Å². The van der Waals surface area contributed by atoms with Gasteiger partial charge in [0.05, 0.1) is 6.10 Å². The van der Waals surface area contributed by atoms with E-state index in [4.69, 9.17) is 5.11 Å². The second-order valence-corrected chi connectivity index (χ2v) is 4.43. The number of hydrogen-bond donors (Lipinski definition) is 2. The molecular formula is C12H17NO2S. The van der Waals surface area contributed by atoms with Gasteiger partial charge in [-0.2, -0.15) is 0 Å². The molecule has 3 nitrogen and oxygen atoms in total. The van der Waals surface area contributed by atoms with Gasteiger partial charge < -0.3 is 10.0 Å². The number of thiol groups is 1. The molecular weight excluding hydrogens is 222 g/mol. The van der Waals surface area contributed by atoms with Crippen LogP contribution in [-0.2, 0) is 0 Å². The third-order valence-electron chi connectivity index (χ3n) is 2.32. The summed E-state index contributed by atoms with van der Waals surface area (Å²) in [7, 11) is 1.73. The maximum absolute atomic E-state index is 11.9. The molecule has 1 N–H and O–H groups in total. The fourth-order valence-corrected chi connectivity index (χ4v) is 1.57. The highest BCUT2D eigenvalue weighted by atomic mass is 32.1. The van der Waals surface area contributed by atoms with E-state index in [9.17, 15) is 4.79 Å². The maximum atomic E-state index is 11.9. The van der Waals surface area contributed by atoms with E-state index >= 15 is 0 Å². The van der Waals surface area contributed by atoms with E-state index in [0.29, 0.717) is 18.5 Å². The maximum Gasteiger partial charge on any atom is 0.253 e. The number of carbonyl (C=O) groups is 1. The molecule has 0 saturated heterocycles. The van der Waals surface area contributed by atoms with Gasteiger partial charge in [0.2, 0.25) is 0 Å². The van der Waals surface area contributed by atoms with Crippen molar-refractivity contribution in [2.75, 3.05) is 13.6 Å². The molecule has 0 fully saturated rings. The van der Waals surface area contributed by atoms with Gasteiger partial charge in [-0.05, 0) is 31.5 Å². The fraction of sp³-hybridized carbons (Fsp3) is 0.417. The van der Waals surface area contributed by atoms with Gasteiger partial charge in [-0.3, -0.25) is 4.79 Å². The minimum Gasteiger partial charge on any atom is -0.393 e. The third kappa shape index (κ3) is 3.87. The average molecular weight is 239 g/mol. The Morgan fingerprint density at radius 3 is 2.81 bits per heavy atom. The highest BCUT2D eigenvalue weighted by molar-refractivity contribution is 7.80. The first-order valence-electron chi connectivity index (χ1n) is 5.23. The summed E-state index contributed by atoms with van der Waals surface area (Å²) in [5.74, 6) is -0.0449. The molecule has 1 aromatic rings. The Balaban J connectivity index is 2.63. The first-order valence-corrected chi connectivity index (χ1v) is 5.68. The van der Waals surface area contributed by atoms with Gasteiger partial charge in [0.1, 0.15) is 0 Å². The first kappa shape index (κ1) is 13.1. The van der Waals surface area contributed by atoms with Crippen molar-refractivity contribution in [2.45, 2.75) is 24.3 Å². The van der Waals surface area contributed by atoms with Crippen LogP contribution >= 0.6 is 12.6 Å². The molecule has 1 unspecified atom stereocenters. The highest BCUT2D eigenvalue weighted by Gasteiger charge is 2.11. The van der Waals surface area contributed by atoms with Crippen molar-refractivity contribution in [3.05, 3.63) is 29.8 Å². The molecule has 0 aliphatic carbocycles. The van der Waals surface area contributed by atoms with Gasteiger partial charge in [-0.15, -0.1) is 12.6 Å². The molecule has 0 saturated carbocycles. The zero-order valence-corrected chi connectivity index (χ0v) is 10.4. The molecule has 0 radical (unpaired) electrons. The monoisotopic (exact) mass is 239 g/mol. The van der Waals surface area contributed by atoms with E-state index in [1.165, 1.54) is 0 Å². The van der Waals surface area contributed by atoms with E-state index in [0.717, 1.165) is 4.90 Å². The molecule has 0 aliphatic rings. The van der Waals surface area contributed by atoms with Crippen molar-refractivity contribution in [1.82, 2.24) is 4.90 Å². The zero-order valence-electron chi connectivity index (χ0n) is 9.55. The van der Waals surface area contributed by atoms with Crippen LogP contribution in [0.2, 0.25) is 0 Å².